The van der Waals surface area contributed by atoms with Gasteiger partial charge in [0.1, 0.15) is 12.3 Å². The molecule has 0 spiro atoms. The van der Waals surface area contributed by atoms with Crippen molar-refractivity contribution in [3.63, 3.8) is 0 Å². The topological polar surface area (TPSA) is 58.6 Å². The Bertz CT molecular complexity index is 716. The van der Waals surface area contributed by atoms with Crippen molar-refractivity contribution in [2.75, 3.05) is 25.5 Å². The summed E-state index contributed by atoms with van der Waals surface area (Å²) in [5.74, 6) is 0.0610. The zero-order chi connectivity index (χ0) is 17.5. The lowest BCUT2D eigenvalue weighted by Crippen LogP contribution is -2.37. The molecular formula is C18H19ClN2O3. The second-order valence-electron chi connectivity index (χ2n) is 5.07. The van der Waals surface area contributed by atoms with Crippen molar-refractivity contribution in [1.29, 1.82) is 0 Å². The standard InChI is InChI=1S/C18H19ClN2O3/c1-3-21(18(23)13-8-10-14(19)11-9-13)12-17(22)20-15-6-4-5-7-16(15)24-2/h4-11H,3,12H2,1-2H3,(H,20,22). The Morgan fingerprint density at radius 1 is 1.12 bits per heavy atom. The monoisotopic (exact) mass is 346 g/mol. The molecule has 2 amide bonds. The molecule has 0 atom stereocenters. The number of carbonyl (C=O) groups is 2. The zero-order valence-corrected chi connectivity index (χ0v) is 14.3. The highest BCUT2D eigenvalue weighted by atomic mass is 35.5. The fourth-order valence-corrected chi connectivity index (χ4v) is 2.34. The van der Waals surface area contributed by atoms with E-state index in [0.29, 0.717) is 28.6 Å². The molecule has 0 aliphatic rings. The molecule has 0 saturated carbocycles. The number of carbonyl (C=O) groups excluding carboxylic acids is 2. The first-order valence-corrected chi connectivity index (χ1v) is 7.90. The predicted octanol–water partition coefficient (Wildman–Crippen LogP) is 3.45. The van der Waals surface area contributed by atoms with Gasteiger partial charge in [0.2, 0.25) is 5.91 Å². The molecule has 6 heteroatoms. The summed E-state index contributed by atoms with van der Waals surface area (Å²) in [6.45, 7) is 2.20. The minimum Gasteiger partial charge on any atom is -0.495 e. The summed E-state index contributed by atoms with van der Waals surface area (Å²) in [5.41, 5.74) is 1.06. The van der Waals surface area contributed by atoms with Gasteiger partial charge in [-0.2, -0.15) is 0 Å². The molecule has 2 aromatic rings. The number of likely N-dealkylation sites (N-methyl/N-ethyl adjacent to an activating group) is 1. The van der Waals surface area contributed by atoms with Gasteiger partial charge in [-0.25, -0.2) is 0 Å². The van der Waals surface area contributed by atoms with Gasteiger partial charge in [-0.05, 0) is 43.3 Å². The number of hydrogen-bond donors (Lipinski definition) is 1. The first-order valence-electron chi connectivity index (χ1n) is 7.53. The number of amides is 2. The molecule has 0 aromatic heterocycles. The van der Waals surface area contributed by atoms with Crippen molar-refractivity contribution in [2.45, 2.75) is 6.92 Å². The van der Waals surface area contributed by atoms with Crippen LogP contribution in [0.2, 0.25) is 5.02 Å². The zero-order valence-electron chi connectivity index (χ0n) is 13.6. The molecule has 0 heterocycles. The Kier molecular flexibility index (Phi) is 6.21. The van der Waals surface area contributed by atoms with Crippen molar-refractivity contribution < 1.29 is 14.3 Å². The number of hydrogen-bond acceptors (Lipinski definition) is 3. The van der Waals surface area contributed by atoms with Crippen molar-refractivity contribution in [1.82, 2.24) is 4.90 Å². The van der Waals surface area contributed by atoms with Crippen LogP contribution in [-0.4, -0.2) is 36.9 Å². The van der Waals surface area contributed by atoms with Gasteiger partial charge in [-0.1, -0.05) is 23.7 Å². The predicted molar refractivity (Wildman–Crippen MR) is 94.7 cm³/mol. The van der Waals surface area contributed by atoms with Crippen LogP contribution >= 0.6 is 11.6 Å². The molecule has 2 aromatic carbocycles. The minimum absolute atomic E-state index is 0.0456. The molecule has 0 aliphatic carbocycles. The quantitative estimate of drug-likeness (QED) is 0.871. The van der Waals surface area contributed by atoms with Crippen molar-refractivity contribution >= 4 is 29.1 Å². The van der Waals surface area contributed by atoms with Crippen LogP contribution in [0.3, 0.4) is 0 Å². The molecule has 2 rings (SSSR count). The highest BCUT2D eigenvalue weighted by molar-refractivity contribution is 6.30. The maximum Gasteiger partial charge on any atom is 0.254 e. The molecule has 1 N–H and O–H groups in total. The average molecular weight is 347 g/mol. The highest BCUT2D eigenvalue weighted by Crippen LogP contribution is 2.22. The molecule has 0 unspecified atom stereocenters. The summed E-state index contributed by atoms with van der Waals surface area (Å²) in [4.78, 5) is 26.2. The third-order valence-electron chi connectivity index (χ3n) is 3.48. The summed E-state index contributed by atoms with van der Waals surface area (Å²) in [7, 11) is 1.54. The molecule has 24 heavy (non-hydrogen) atoms. The van der Waals surface area contributed by atoms with Crippen LogP contribution in [0.5, 0.6) is 5.75 Å². The lowest BCUT2D eigenvalue weighted by molar-refractivity contribution is -0.116. The average Bonchev–Trinajstić information content (AvgIpc) is 2.60. The Labute approximate surface area is 146 Å². The number of ether oxygens (including phenoxy) is 1. The van der Waals surface area contributed by atoms with Crippen LogP contribution in [-0.2, 0) is 4.79 Å². The number of nitrogens with zero attached hydrogens (tertiary/aromatic N) is 1. The highest BCUT2D eigenvalue weighted by Gasteiger charge is 2.18. The van der Waals surface area contributed by atoms with E-state index < -0.39 is 0 Å². The van der Waals surface area contributed by atoms with Gasteiger partial charge >= 0.3 is 0 Å². The first kappa shape index (κ1) is 17.8. The fourth-order valence-electron chi connectivity index (χ4n) is 2.21. The summed E-state index contributed by atoms with van der Waals surface area (Å²) >= 11 is 5.83. The molecular weight excluding hydrogens is 328 g/mol. The second-order valence-corrected chi connectivity index (χ2v) is 5.51. The van der Waals surface area contributed by atoms with Crippen molar-refractivity contribution in [3.8, 4) is 5.75 Å². The molecule has 0 fully saturated rings. The number of benzene rings is 2. The van der Waals surface area contributed by atoms with Crippen LogP contribution in [0.1, 0.15) is 17.3 Å². The van der Waals surface area contributed by atoms with E-state index in [1.807, 2.05) is 13.0 Å². The molecule has 0 aliphatic heterocycles. The Morgan fingerprint density at radius 2 is 1.79 bits per heavy atom. The lowest BCUT2D eigenvalue weighted by atomic mass is 10.2. The fraction of sp³-hybridized carbons (Fsp3) is 0.222. The van der Waals surface area contributed by atoms with Gasteiger partial charge in [0.15, 0.2) is 0 Å². The summed E-state index contributed by atoms with van der Waals surface area (Å²) in [6, 6.07) is 13.7. The SMILES string of the molecule is CCN(CC(=O)Nc1ccccc1OC)C(=O)c1ccc(Cl)cc1. The van der Waals surface area contributed by atoms with E-state index in [1.165, 1.54) is 12.0 Å². The largest absolute Gasteiger partial charge is 0.495 e. The lowest BCUT2D eigenvalue weighted by Gasteiger charge is -2.21. The minimum atomic E-state index is -0.288. The first-order chi connectivity index (χ1) is 11.5. The Morgan fingerprint density at radius 3 is 2.42 bits per heavy atom. The summed E-state index contributed by atoms with van der Waals surface area (Å²) in [6.07, 6.45) is 0. The molecule has 0 bridgehead atoms. The third-order valence-corrected chi connectivity index (χ3v) is 3.73. The number of rotatable bonds is 6. The second kappa shape index (κ2) is 8.36. The Hall–Kier alpha value is -2.53. The van der Waals surface area contributed by atoms with Gasteiger partial charge in [-0.15, -0.1) is 0 Å². The van der Waals surface area contributed by atoms with E-state index >= 15 is 0 Å². The van der Waals surface area contributed by atoms with E-state index in [-0.39, 0.29) is 18.4 Å². The van der Waals surface area contributed by atoms with Crippen molar-refractivity contribution in [3.05, 3.63) is 59.1 Å². The molecule has 0 radical (unpaired) electrons. The number of halogens is 1. The van der Waals surface area contributed by atoms with E-state index in [4.69, 9.17) is 16.3 Å². The molecule has 5 nitrogen and oxygen atoms in total. The Balaban J connectivity index is 2.05. The van der Waals surface area contributed by atoms with Gasteiger partial charge in [0, 0.05) is 17.1 Å². The van der Waals surface area contributed by atoms with Crippen LogP contribution in [0.25, 0.3) is 0 Å². The van der Waals surface area contributed by atoms with Gasteiger partial charge < -0.3 is 15.0 Å². The van der Waals surface area contributed by atoms with E-state index in [9.17, 15) is 9.59 Å². The van der Waals surface area contributed by atoms with Crippen LogP contribution in [0, 0.1) is 0 Å². The van der Waals surface area contributed by atoms with E-state index in [2.05, 4.69) is 5.32 Å². The maximum absolute atomic E-state index is 12.5. The van der Waals surface area contributed by atoms with E-state index in [1.54, 1.807) is 42.5 Å². The number of anilines is 1. The normalized spacial score (nSPS) is 10.1. The van der Waals surface area contributed by atoms with E-state index in [0.717, 1.165) is 0 Å². The van der Waals surface area contributed by atoms with Gasteiger partial charge in [0.25, 0.3) is 5.91 Å². The van der Waals surface area contributed by atoms with Gasteiger partial charge in [-0.3, -0.25) is 9.59 Å². The van der Waals surface area contributed by atoms with Crippen molar-refractivity contribution in [2.24, 2.45) is 0 Å². The molecule has 0 saturated heterocycles. The maximum atomic E-state index is 12.5. The van der Waals surface area contributed by atoms with Crippen LogP contribution in [0.4, 0.5) is 5.69 Å². The summed E-state index contributed by atoms with van der Waals surface area (Å²) < 4.78 is 5.20. The van der Waals surface area contributed by atoms with Crippen LogP contribution < -0.4 is 10.1 Å². The van der Waals surface area contributed by atoms with Gasteiger partial charge in [0.05, 0.1) is 12.8 Å². The third kappa shape index (κ3) is 4.49. The smallest absolute Gasteiger partial charge is 0.254 e. The summed E-state index contributed by atoms with van der Waals surface area (Å²) in [5, 5.41) is 3.32. The van der Waals surface area contributed by atoms with Crippen LogP contribution in [0.15, 0.2) is 48.5 Å². The number of para-hydroxylation sites is 2. The molecule has 126 valence electrons. The number of methoxy groups -OCH3 is 1. The number of nitrogens with one attached hydrogen (secondary N) is 1.